The number of carbonyl (C=O) groups is 3. The number of benzene rings is 3. The van der Waals surface area contributed by atoms with Gasteiger partial charge in [-0.1, -0.05) is 30.3 Å². The third-order valence-electron chi connectivity index (χ3n) is 5.71. The second-order valence-electron chi connectivity index (χ2n) is 8.73. The van der Waals surface area contributed by atoms with Crippen molar-refractivity contribution in [1.82, 2.24) is 0 Å². The first-order valence-corrected chi connectivity index (χ1v) is 11.7. The van der Waals surface area contributed by atoms with Gasteiger partial charge < -0.3 is 19.3 Å². The topological polar surface area (TPSA) is 102 Å². The van der Waals surface area contributed by atoms with Crippen LogP contribution in [0.25, 0.3) is 5.76 Å². The molecule has 1 N–H and O–H groups in total. The lowest BCUT2D eigenvalue weighted by molar-refractivity contribution is -0.132. The molecule has 1 fully saturated rings. The number of aliphatic hydroxyl groups excluding tert-OH is 1. The van der Waals surface area contributed by atoms with Crippen LogP contribution >= 0.6 is 0 Å². The Hall–Kier alpha value is -4.59. The number of ketones is 1. The fraction of sp³-hybridized carbons (Fsp3) is 0.207. The van der Waals surface area contributed by atoms with Gasteiger partial charge in [0, 0.05) is 24.2 Å². The number of carbonyl (C=O) groups excluding carboxylic acids is 3. The highest BCUT2D eigenvalue weighted by Gasteiger charge is 2.47. The summed E-state index contributed by atoms with van der Waals surface area (Å²) in [6.07, 6.45) is -0.0910. The summed E-state index contributed by atoms with van der Waals surface area (Å²) in [4.78, 5) is 39.4. The summed E-state index contributed by atoms with van der Waals surface area (Å²) >= 11 is 0. The van der Waals surface area contributed by atoms with Crippen LogP contribution in [0.15, 0.2) is 78.4 Å². The molecule has 1 unspecified atom stereocenters. The van der Waals surface area contributed by atoms with Crippen molar-refractivity contribution in [2.75, 3.05) is 12.0 Å². The van der Waals surface area contributed by atoms with Gasteiger partial charge in [-0.05, 0) is 55.8 Å². The molecule has 3 aromatic carbocycles. The van der Waals surface area contributed by atoms with Crippen LogP contribution in [0.3, 0.4) is 0 Å². The van der Waals surface area contributed by atoms with Crippen LogP contribution in [0, 0.1) is 0 Å². The number of methoxy groups -OCH3 is 1. The van der Waals surface area contributed by atoms with Crippen LogP contribution in [0.4, 0.5) is 5.69 Å². The summed E-state index contributed by atoms with van der Waals surface area (Å²) in [5, 5.41) is 11.4. The first-order chi connectivity index (χ1) is 17.7. The number of rotatable bonds is 7. The smallest absolute Gasteiger partial charge is 0.308 e. The van der Waals surface area contributed by atoms with Crippen molar-refractivity contribution < 1.29 is 33.7 Å². The standard InChI is InChI=1S/C29H27NO7/c1-17(2)36-24-10-5-7-20(15-24)27(32)25-26(19-11-13-22(14-12-19)37-18(3)31)30(29(34)28(25)33)21-8-6-9-23(16-21)35-4/h5-17,26,32H,1-4H3/b27-25+. The molecule has 4 rings (SSSR count). The van der Waals surface area contributed by atoms with Gasteiger partial charge in [-0.3, -0.25) is 19.3 Å². The van der Waals surface area contributed by atoms with Crippen LogP contribution in [0.1, 0.15) is 37.9 Å². The average Bonchev–Trinajstić information content (AvgIpc) is 3.13. The van der Waals surface area contributed by atoms with E-state index in [-0.39, 0.29) is 17.4 Å². The molecule has 0 spiro atoms. The summed E-state index contributed by atoms with van der Waals surface area (Å²) in [6, 6.07) is 19.0. The van der Waals surface area contributed by atoms with E-state index in [4.69, 9.17) is 14.2 Å². The summed E-state index contributed by atoms with van der Waals surface area (Å²) in [6.45, 7) is 5.06. The van der Waals surface area contributed by atoms with Gasteiger partial charge in [0.25, 0.3) is 11.7 Å². The molecular formula is C29H27NO7. The molecule has 8 heteroatoms. The zero-order chi connectivity index (χ0) is 26.7. The van der Waals surface area contributed by atoms with Gasteiger partial charge >= 0.3 is 5.97 Å². The lowest BCUT2D eigenvalue weighted by atomic mass is 9.95. The normalized spacial score (nSPS) is 16.7. The zero-order valence-electron chi connectivity index (χ0n) is 20.9. The molecule has 1 heterocycles. The van der Waals surface area contributed by atoms with Gasteiger partial charge in [0.05, 0.1) is 24.8 Å². The van der Waals surface area contributed by atoms with Gasteiger partial charge in [-0.2, -0.15) is 0 Å². The molecule has 1 saturated heterocycles. The summed E-state index contributed by atoms with van der Waals surface area (Å²) < 4.78 is 16.2. The largest absolute Gasteiger partial charge is 0.507 e. The number of esters is 1. The molecule has 8 nitrogen and oxygen atoms in total. The minimum atomic E-state index is -0.951. The Balaban J connectivity index is 1.88. The van der Waals surface area contributed by atoms with Crippen LogP contribution in [-0.2, 0) is 14.4 Å². The SMILES string of the molecule is COc1cccc(N2C(=O)C(=O)/C(=C(/O)c3cccc(OC(C)C)c3)C2c2ccc(OC(C)=O)cc2)c1. The Labute approximate surface area is 214 Å². The third kappa shape index (κ3) is 5.33. The summed E-state index contributed by atoms with van der Waals surface area (Å²) in [5.74, 6) is -1.09. The second kappa shape index (κ2) is 10.6. The Morgan fingerprint density at radius 2 is 1.59 bits per heavy atom. The van der Waals surface area contributed by atoms with Gasteiger partial charge in [-0.25, -0.2) is 0 Å². The Bertz CT molecular complexity index is 1380. The van der Waals surface area contributed by atoms with Gasteiger partial charge in [0.1, 0.15) is 23.0 Å². The van der Waals surface area contributed by atoms with Crippen molar-refractivity contribution >= 4 is 29.1 Å². The number of ether oxygens (including phenoxy) is 3. The number of Topliss-reactive ketones (excluding diaryl/α,β-unsaturated/α-hetero) is 1. The number of hydrogen-bond acceptors (Lipinski definition) is 7. The van der Waals surface area contributed by atoms with E-state index < -0.39 is 23.7 Å². The van der Waals surface area contributed by atoms with Gasteiger partial charge in [-0.15, -0.1) is 0 Å². The van der Waals surface area contributed by atoms with E-state index in [1.807, 2.05) is 13.8 Å². The van der Waals surface area contributed by atoms with Crippen molar-refractivity contribution in [2.45, 2.75) is 32.9 Å². The number of anilines is 1. The highest BCUT2D eigenvalue weighted by molar-refractivity contribution is 6.51. The van der Waals surface area contributed by atoms with Gasteiger partial charge in [0.2, 0.25) is 0 Å². The van der Waals surface area contributed by atoms with E-state index in [1.165, 1.54) is 18.9 Å². The number of amides is 1. The molecule has 3 aromatic rings. The fourth-order valence-corrected chi connectivity index (χ4v) is 4.20. The monoisotopic (exact) mass is 501 g/mol. The first kappa shape index (κ1) is 25.5. The molecule has 1 amide bonds. The van der Waals surface area contributed by atoms with E-state index in [0.29, 0.717) is 34.1 Å². The molecule has 1 atom stereocenters. The molecule has 37 heavy (non-hydrogen) atoms. The van der Waals surface area contributed by atoms with E-state index in [9.17, 15) is 19.5 Å². The predicted molar refractivity (Wildman–Crippen MR) is 138 cm³/mol. The second-order valence-corrected chi connectivity index (χ2v) is 8.73. The summed E-state index contributed by atoms with van der Waals surface area (Å²) in [5.41, 5.74) is 1.22. The lowest BCUT2D eigenvalue weighted by Gasteiger charge is -2.26. The van der Waals surface area contributed by atoms with Crippen molar-refractivity contribution in [3.8, 4) is 17.2 Å². The summed E-state index contributed by atoms with van der Waals surface area (Å²) in [7, 11) is 1.50. The number of aliphatic hydroxyl groups is 1. The van der Waals surface area contributed by atoms with Crippen molar-refractivity contribution in [1.29, 1.82) is 0 Å². The van der Waals surface area contributed by atoms with Gasteiger partial charge in [0.15, 0.2) is 0 Å². The first-order valence-electron chi connectivity index (χ1n) is 11.7. The molecule has 0 saturated carbocycles. The molecular weight excluding hydrogens is 474 g/mol. The maximum absolute atomic E-state index is 13.4. The van der Waals surface area contributed by atoms with E-state index in [0.717, 1.165) is 0 Å². The minimum absolute atomic E-state index is 0.0743. The molecule has 0 bridgehead atoms. The Morgan fingerprint density at radius 3 is 2.24 bits per heavy atom. The van der Waals surface area contributed by atoms with E-state index in [1.54, 1.807) is 72.8 Å². The zero-order valence-corrected chi connectivity index (χ0v) is 20.9. The van der Waals surface area contributed by atoms with Crippen molar-refractivity contribution in [3.63, 3.8) is 0 Å². The van der Waals surface area contributed by atoms with Crippen LogP contribution in [-0.4, -0.2) is 36.0 Å². The van der Waals surface area contributed by atoms with Crippen LogP contribution in [0.5, 0.6) is 17.2 Å². The number of hydrogen-bond donors (Lipinski definition) is 1. The maximum atomic E-state index is 13.4. The lowest BCUT2D eigenvalue weighted by Crippen LogP contribution is -2.29. The van der Waals surface area contributed by atoms with Crippen molar-refractivity contribution in [3.05, 3.63) is 89.5 Å². The molecule has 1 aliphatic heterocycles. The van der Waals surface area contributed by atoms with Crippen molar-refractivity contribution in [2.24, 2.45) is 0 Å². The van der Waals surface area contributed by atoms with E-state index in [2.05, 4.69) is 0 Å². The predicted octanol–water partition coefficient (Wildman–Crippen LogP) is 5.03. The Kier molecular flexibility index (Phi) is 7.29. The fourth-order valence-electron chi connectivity index (χ4n) is 4.20. The van der Waals surface area contributed by atoms with Crippen LogP contribution in [0.2, 0.25) is 0 Å². The Morgan fingerprint density at radius 1 is 0.919 bits per heavy atom. The minimum Gasteiger partial charge on any atom is -0.507 e. The average molecular weight is 502 g/mol. The quantitative estimate of drug-likeness (QED) is 0.159. The highest BCUT2D eigenvalue weighted by atomic mass is 16.5. The van der Waals surface area contributed by atoms with E-state index >= 15 is 0 Å². The van der Waals surface area contributed by atoms with Crippen LogP contribution < -0.4 is 19.1 Å². The highest BCUT2D eigenvalue weighted by Crippen LogP contribution is 2.43. The maximum Gasteiger partial charge on any atom is 0.308 e. The molecule has 0 radical (unpaired) electrons. The molecule has 1 aliphatic rings. The molecule has 0 aromatic heterocycles. The third-order valence-corrected chi connectivity index (χ3v) is 5.71. The molecule has 190 valence electrons. The molecule has 0 aliphatic carbocycles. The number of nitrogens with zero attached hydrogens (tertiary/aromatic N) is 1.